The molecule has 0 spiro atoms. The van der Waals surface area contributed by atoms with Gasteiger partial charge in [0, 0.05) is 28.5 Å². The van der Waals surface area contributed by atoms with Gasteiger partial charge >= 0.3 is 0 Å². The van der Waals surface area contributed by atoms with E-state index in [1.807, 2.05) is 61.5 Å². The summed E-state index contributed by atoms with van der Waals surface area (Å²) in [5, 5.41) is 2.87. The molecule has 0 aliphatic rings. The molecule has 4 aromatic carbocycles. The zero-order valence-electron chi connectivity index (χ0n) is 23.0. The zero-order chi connectivity index (χ0) is 30.1. The molecule has 10 heteroatoms. The van der Waals surface area contributed by atoms with Crippen LogP contribution in [0.1, 0.15) is 18.1 Å². The van der Waals surface area contributed by atoms with Gasteiger partial charge in [-0.3, -0.25) is 13.9 Å². The summed E-state index contributed by atoms with van der Waals surface area (Å²) < 4.78 is 30.5. The maximum Gasteiger partial charge on any atom is 0.264 e. The minimum Gasteiger partial charge on any atom is -0.355 e. The predicted octanol–water partition coefficient (Wildman–Crippen LogP) is 6.18. The topological polar surface area (TPSA) is 86.8 Å². The fraction of sp³-hybridized carbons (Fsp3) is 0.188. The van der Waals surface area contributed by atoms with Crippen LogP contribution >= 0.6 is 31.9 Å². The SMILES string of the molecule is CCNC(=O)[C@H](Cc1ccccc1)N(Cc1ccc(Br)cc1)C(=O)CN(c1cccc(Br)c1)S(=O)(=O)c1ccccc1. The molecule has 0 unspecified atom stereocenters. The maximum atomic E-state index is 14.3. The lowest BCUT2D eigenvalue weighted by Gasteiger charge is -2.34. The molecule has 4 aromatic rings. The van der Waals surface area contributed by atoms with Gasteiger partial charge in [-0.25, -0.2) is 8.42 Å². The summed E-state index contributed by atoms with van der Waals surface area (Å²) in [6.07, 6.45) is 0.261. The van der Waals surface area contributed by atoms with E-state index in [1.165, 1.54) is 17.0 Å². The maximum absolute atomic E-state index is 14.3. The fourth-order valence-corrected chi connectivity index (χ4v) is 6.59. The standard InChI is InChI=1S/C32H31Br2N3O4S/c1-2-35-32(39)30(20-24-10-5-3-6-11-24)36(22-25-16-18-26(33)19-17-25)31(38)23-37(28-13-9-12-27(34)21-28)42(40,41)29-14-7-4-8-15-29/h3-19,21,30H,2,20,22-23H2,1H3,(H,35,39)/t30-/m0/s1. The van der Waals surface area contributed by atoms with Gasteiger partial charge in [-0.05, 0) is 60.5 Å². The summed E-state index contributed by atoms with van der Waals surface area (Å²) in [7, 11) is -4.13. The first kappa shape index (κ1) is 31.5. The molecule has 42 heavy (non-hydrogen) atoms. The number of anilines is 1. The van der Waals surface area contributed by atoms with Crippen molar-refractivity contribution in [2.75, 3.05) is 17.4 Å². The van der Waals surface area contributed by atoms with E-state index in [9.17, 15) is 18.0 Å². The Labute approximate surface area is 263 Å². The number of nitrogens with one attached hydrogen (secondary N) is 1. The van der Waals surface area contributed by atoms with Gasteiger partial charge in [-0.15, -0.1) is 0 Å². The van der Waals surface area contributed by atoms with Gasteiger partial charge in [0.05, 0.1) is 10.6 Å². The van der Waals surface area contributed by atoms with Crippen molar-refractivity contribution in [1.82, 2.24) is 10.2 Å². The van der Waals surface area contributed by atoms with E-state index >= 15 is 0 Å². The first-order valence-corrected chi connectivity index (χ1v) is 16.4. The van der Waals surface area contributed by atoms with Crippen molar-refractivity contribution < 1.29 is 18.0 Å². The molecule has 0 radical (unpaired) electrons. The molecule has 0 saturated carbocycles. The van der Waals surface area contributed by atoms with Crippen molar-refractivity contribution >= 4 is 59.4 Å². The number of rotatable bonds is 12. The lowest BCUT2D eigenvalue weighted by atomic mass is 10.0. The quantitative estimate of drug-likeness (QED) is 0.190. The van der Waals surface area contributed by atoms with Crippen LogP contribution in [0.2, 0.25) is 0 Å². The summed E-state index contributed by atoms with van der Waals surface area (Å²) in [6.45, 7) is 1.81. The zero-order valence-corrected chi connectivity index (χ0v) is 27.0. The average molecular weight is 713 g/mol. The van der Waals surface area contributed by atoms with Crippen LogP contribution < -0.4 is 9.62 Å². The van der Waals surface area contributed by atoms with Crippen molar-refractivity contribution in [1.29, 1.82) is 0 Å². The summed E-state index contributed by atoms with van der Waals surface area (Å²) in [5.41, 5.74) is 2.00. The lowest BCUT2D eigenvalue weighted by molar-refractivity contribution is -0.140. The highest BCUT2D eigenvalue weighted by molar-refractivity contribution is 9.10. The van der Waals surface area contributed by atoms with E-state index in [4.69, 9.17) is 0 Å². The smallest absolute Gasteiger partial charge is 0.264 e. The molecule has 0 bridgehead atoms. The van der Waals surface area contributed by atoms with Crippen LogP contribution in [0, 0.1) is 0 Å². The van der Waals surface area contributed by atoms with Crippen LogP contribution in [-0.4, -0.2) is 44.3 Å². The Balaban J connectivity index is 1.78. The first-order chi connectivity index (χ1) is 20.2. The number of likely N-dealkylation sites (N-methyl/N-ethyl adjacent to an activating group) is 1. The molecule has 2 amide bonds. The van der Waals surface area contributed by atoms with Crippen LogP contribution in [0.4, 0.5) is 5.69 Å². The normalized spacial score (nSPS) is 11.9. The molecular formula is C32H31Br2N3O4S. The molecule has 0 aliphatic carbocycles. The molecule has 0 aromatic heterocycles. The predicted molar refractivity (Wildman–Crippen MR) is 172 cm³/mol. The molecule has 0 fully saturated rings. The molecule has 7 nitrogen and oxygen atoms in total. The van der Waals surface area contributed by atoms with E-state index in [0.29, 0.717) is 16.7 Å². The van der Waals surface area contributed by atoms with Gasteiger partial charge in [0.15, 0.2) is 0 Å². The summed E-state index contributed by atoms with van der Waals surface area (Å²) in [5.74, 6) is -0.823. The molecule has 0 saturated heterocycles. The third-order valence-corrected chi connectivity index (χ3v) is 9.40. The van der Waals surface area contributed by atoms with E-state index in [2.05, 4.69) is 37.2 Å². The number of hydrogen-bond acceptors (Lipinski definition) is 4. The van der Waals surface area contributed by atoms with Crippen molar-refractivity contribution in [2.24, 2.45) is 0 Å². The second-order valence-corrected chi connectivity index (χ2v) is 13.2. The first-order valence-electron chi connectivity index (χ1n) is 13.4. The Hall–Kier alpha value is -3.47. The van der Waals surface area contributed by atoms with Gasteiger partial charge < -0.3 is 10.2 Å². The Morgan fingerprint density at radius 3 is 2.05 bits per heavy atom. The highest BCUT2D eigenvalue weighted by Gasteiger charge is 2.34. The molecule has 218 valence electrons. The minimum absolute atomic E-state index is 0.0572. The second-order valence-electron chi connectivity index (χ2n) is 9.55. The summed E-state index contributed by atoms with van der Waals surface area (Å²) >= 11 is 6.87. The van der Waals surface area contributed by atoms with Gasteiger partial charge in [-0.1, -0.05) is 98.6 Å². The van der Waals surface area contributed by atoms with Gasteiger partial charge in [0.2, 0.25) is 11.8 Å². The van der Waals surface area contributed by atoms with Crippen LogP contribution in [-0.2, 0) is 32.6 Å². The third kappa shape index (κ3) is 8.08. The number of halogens is 2. The van der Waals surface area contributed by atoms with Crippen LogP contribution in [0.25, 0.3) is 0 Å². The number of benzene rings is 4. The van der Waals surface area contributed by atoms with Gasteiger partial charge in [0.1, 0.15) is 12.6 Å². The van der Waals surface area contributed by atoms with Crippen molar-refractivity contribution in [3.8, 4) is 0 Å². The van der Waals surface area contributed by atoms with Crippen molar-refractivity contribution in [3.05, 3.63) is 129 Å². The Bertz CT molecular complexity index is 1600. The average Bonchev–Trinajstić information content (AvgIpc) is 2.99. The Kier molecular flexibility index (Phi) is 11.0. The van der Waals surface area contributed by atoms with E-state index in [0.717, 1.165) is 19.9 Å². The molecule has 1 atom stereocenters. The largest absolute Gasteiger partial charge is 0.355 e. The van der Waals surface area contributed by atoms with E-state index in [-0.39, 0.29) is 23.8 Å². The van der Waals surface area contributed by atoms with Crippen molar-refractivity contribution in [3.63, 3.8) is 0 Å². The third-order valence-electron chi connectivity index (χ3n) is 6.59. The van der Waals surface area contributed by atoms with E-state index in [1.54, 1.807) is 42.5 Å². The second kappa shape index (κ2) is 14.6. The summed E-state index contributed by atoms with van der Waals surface area (Å²) in [4.78, 5) is 29.4. The number of amides is 2. The number of hydrogen-bond donors (Lipinski definition) is 1. The number of carbonyl (C=O) groups is 2. The minimum atomic E-state index is -4.13. The molecule has 4 rings (SSSR count). The molecule has 0 aliphatic heterocycles. The Morgan fingerprint density at radius 2 is 1.43 bits per heavy atom. The summed E-state index contributed by atoms with van der Waals surface area (Å²) in [6, 6.07) is 30.8. The Morgan fingerprint density at radius 1 is 0.786 bits per heavy atom. The highest BCUT2D eigenvalue weighted by atomic mass is 79.9. The number of nitrogens with zero attached hydrogens (tertiary/aromatic N) is 2. The van der Waals surface area contributed by atoms with Gasteiger partial charge in [-0.2, -0.15) is 0 Å². The van der Waals surface area contributed by atoms with Gasteiger partial charge in [0.25, 0.3) is 10.0 Å². The monoisotopic (exact) mass is 711 g/mol. The highest BCUT2D eigenvalue weighted by Crippen LogP contribution is 2.27. The van der Waals surface area contributed by atoms with Crippen LogP contribution in [0.3, 0.4) is 0 Å². The lowest BCUT2D eigenvalue weighted by Crippen LogP contribution is -2.53. The fourth-order valence-electron chi connectivity index (χ4n) is 4.51. The number of carbonyl (C=O) groups excluding carboxylic acids is 2. The van der Waals surface area contributed by atoms with Crippen molar-refractivity contribution in [2.45, 2.75) is 30.8 Å². The number of sulfonamides is 1. The molecular weight excluding hydrogens is 682 g/mol. The van der Waals surface area contributed by atoms with Crippen LogP contribution in [0.15, 0.2) is 123 Å². The van der Waals surface area contributed by atoms with Crippen LogP contribution in [0.5, 0.6) is 0 Å². The molecule has 1 N–H and O–H groups in total. The molecule has 0 heterocycles. The van der Waals surface area contributed by atoms with E-state index < -0.39 is 28.5 Å².